The number of benzene rings is 3. The second-order valence-corrected chi connectivity index (χ2v) is 5.76. The Hall–Kier alpha value is -3.14. The largest absolute Gasteiger partial charge is 0.461 e. The first-order valence-corrected chi connectivity index (χ1v) is 8.19. The predicted molar refractivity (Wildman–Crippen MR) is 98.0 cm³/mol. The minimum absolute atomic E-state index is 0.0618. The van der Waals surface area contributed by atoms with Crippen LogP contribution in [0.3, 0.4) is 0 Å². The van der Waals surface area contributed by atoms with Gasteiger partial charge >= 0.3 is 5.97 Å². The number of ether oxygens (including phenoxy) is 1. The van der Waals surface area contributed by atoms with E-state index in [1.807, 2.05) is 60.7 Å². The average molecular weight is 333 g/mol. The minimum Gasteiger partial charge on any atom is -0.461 e. The van der Waals surface area contributed by atoms with Gasteiger partial charge in [0.1, 0.15) is 6.61 Å². The summed E-state index contributed by atoms with van der Waals surface area (Å²) in [4.78, 5) is 23.7. The van der Waals surface area contributed by atoms with E-state index in [0.717, 1.165) is 22.0 Å². The third-order valence-electron chi connectivity index (χ3n) is 3.83. The van der Waals surface area contributed by atoms with Gasteiger partial charge in [0.15, 0.2) is 0 Å². The second kappa shape index (κ2) is 8.11. The first-order chi connectivity index (χ1) is 12.2. The maximum absolute atomic E-state index is 11.8. The Morgan fingerprint density at radius 2 is 1.52 bits per heavy atom. The van der Waals surface area contributed by atoms with E-state index in [0.29, 0.717) is 0 Å². The molecule has 0 unspecified atom stereocenters. The van der Waals surface area contributed by atoms with Gasteiger partial charge in [0, 0.05) is 12.1 Å². The molecule has 1 amide bonds. The van der Waals surface area contributed by atoms with Gasteiger partial charge in [-0.15, -0.1) is 0 Å². The molecule has 0 aromatic heterocycles. The van der Waals surface area contributed by atoms with Gasteiger partial charge in [-0.1, -0.05) is 54.6 Å². The summed E-state index contributed by atoms with van der Waals surface area (Å²) in [6, 6.07) is 23.1. The summed E-state index contributed by atoms with van der Waals surface area (Å²) in [5, 5.41) is 5.00. The van der Waals surface area contributed by atoms with Crippen molar-refractivity contribution in [1.82, 2.24) is 0 Å². The smallest absolute Gasteiger partial charge is 0.306 e. The monoisotopic (exact) mass is 333 g/mol. The number of hydrogen-bond donors (Lipinski definition) is 1. The van der Waals surface area contributed by atoms with Crippen LogP contribution in [0.15, 0.2) is 72.8 Å². The fourth-order valence-corrected chi connectivity index (χ4v) is 2.53. The lowest BCUT2D eigenvalue weighted by Gasteiger charge is -2.07. The Balaban J connectivity index is 1.45. The standard InChI is InChI=1S/C21H19NO3/c23-20(22-19-8-2-1-3-9-19)12-13-21(24)25-15-16-10-11-17-6-4-5-7-18(17)14-16/h1-11,14H,12-13,15H2,(H,22,23). The van der Waals surface area contributed by atoms with Crippen LogP contribution in [-0.4, -0.2) is 11.9 Å². The highest BCUT2D eigenvalue weighted by Gasteiger charge is 2.09. The van der Waals surface area contributed by atoms with Crippen molar-refractivity contribution in [3.8, 4) is 0 Å². The number of anilines is 1. The van der Waals surface area contributed by atoms with Gasteiger partial charge in [0.25, 0.3) is 0 Å². The molecule has 3 rings (SSSR count). The molecule has 3 aromatic rings. The average Bonchev–Trinajstić information content (AvgIpc) is 2.65. The highest BCUT2D eigenvalue weighted by molar-refractivity contribution is 5.92. The van der Waals surface area contributed by atoms with Gasteiger partial charge in [-0.2, -0.15) is 0 Å². The fourth-order valence-electron chi connectivity index (χ4n) is 2.53. The molecule has 126 valence electrons. The zero-order valence-corrected chi connectivity index (χ0v) is 13.8. The number of nitrogens with one attached hydrogen (secondary N) is 1. The lowest BCUT2D eigenvalue weighted by molar-refractivity contribution is -0.145. The maximum Gasteiger partial charge on any atom is 0.306 e. The predicted octanol–water partition coefficient (Wildman–Crippen LogP) is 4.30. The minimum atomic E-state index is -0.378. The molecule has 0 heterocycles. The molecule has 0 saturated carbocycles. The lowest BCUT2D eigenvalue weighted by atomic mass is 10.1. The molecule has 1 N–H and O–H groups in total. The summed E-state index contributed by atoms with van der Waals surface area (Å²) >= 11 is 0. The van der Waals surface area contributed by atoms with Crippen molar-refractivity contribution in [1.29, 1.82) is 0 Å². The van der Waals surface area contributed by atoms with Crippen LogP contribution in [-0.2, 0) is 20.9 Å². The van der Waals surface area contributed by atoms with E-state index in [-0.39, 0.29) is 31.3 Å². The molecule has 4 nitrogen and oxygen atoms in total. The molecule has 0 aliphatic carbocycles. The summed E-state index contributed by atoms with van der Waals surface area (Å²) in [5.74, 6) is -0.578. The van der Waals surface area contributed by atoms with Crippen molar-refractivity contribution in [2.75, 3.05) is 5.32 Å². The van der Waals surface area contributed by atoms with E-state index in [2.05, 4.69) is 5.32 Å². The van der Waals surface area contributed by atoms with E-state index < -0.39 is 0 Å². The van der Waals surface area contributed by atoms with E-state index in [9.17, 15) is 9.59 Å². The van der Waals surface area contributed by atoms with Gasteiger partial charge in [0.2, 0.25) is 5.91 Å². The quantitative estimate of drug-likeness (QED) is 0.684. The first kappa shape index (κ1) is 16.7. The highest BCUT2D eigenvalue weighted by Crippen LogP contribution is 2.16. The molecule has 25 heavy (non-hydrogen) atoms. The van der Waals surface area contributed by atoms with Crippen LogP contribution < -0.4 is 5.32 Å². The van der Waals surface area contributed by atoms with Crippen LogP contribution in [0.1, 0.15) is 18.4 Å². The topological polar surface area (TPSA) is 55.4 Å². The molecule has 0 saturated heterocycles. The highest BCUT2D eigenvalue weighted by atomic mass is 16.5. The van der Waals surface area contributed by atoms with E-state index in [1.165, 1.54) is 0 Å². The van der Waals surface area contributed by atoms with Crippen molar-refractivity contribution in [3.63, 3.8) is 0 Å². The Labute approximate surface area is 146 Å². The number of carbonyl (C=O) groups is 2. The summed E-state index contributed by atoms with van der Waals surface area (Å²) in [6.07, 6.45) is 0.164. The first-order valence-electron chi connectivity index (χ1n) is 8.19. The van der Waals surface area contributed by atoms with E-state index in [1.54, 1.807) is 12.1 Å². The van der Waals surface area contributed by atoms with Gasteiger partial charge in [-0.3, -0.25) is 9.59 Å². The molecule has 0 spiro atoms. The normalized spacial score (nSPS) is 10.4. The molecule has 0 radical (unpaired) electrons. The van der Waals surface area contributed by atoms with Crippen LogP contribution in [0, 0.1) is 0 Å². The van der Waals surface area contributed by atoms with Crippen LogP contribution in [0.4, 0.5) is 5.69 Å². The van der Waals surface area contributed by atoms with Crippen molar-refractivity contribution < 1.29 is 14.3 Å². The third-order valence-corrected chi connectivity index (χ3v) is 3.83. The van der Waals surface area contributed by atoms with Crippen molar-refractivity contribution in [3.05, 3.63) is 78.4 Å². The van der Waals surface area contributed by atoms with Gasteiger partial charge < -0.3 is 10.1 Å². The zero-order valence-electron chi connectivity index (χ0n) is 13.8. The maximum atomic E-state index is 11.8. The molecular weight excluding hydrogens is 314 g/mol. The molecule has 0 aliphatic rings. The summed E-state index contributed by atoms with van der Waals surface area (Å²) in [7, 11) is 0. The Bertz CT molecular complexity index is 874. The van der Waals surface area contributed by atoms with Crippen LogP contribution in [0.25, 0.3) is 10.8 Å². The van der Waals surface area contributed by atoms with E-state index in [4.69, 9.17) is 4.74 Å². The Kier molecular flexibility index (Phi) is 5.42. The third kappa shape index (κ3) is 4.91. The van der Waals surface area contributed by atoms with Crippen molar-refractivity contribution in [2.45, 2.75) is 19.4 Å². The van der Waals surface area contributed by atoms with Crippen LogP contribution in [0.5, 0.6) is 0 Å². The van der Waals surface area contributed by atoms with Crippen molar-refractivity contribution in [2.24, 2.45) is 0 Å². The number of rotatable bonds is 6. The number of esters is 1. The number of amides is 1. The van der Waals surface area contributed by atoms with Crippen LogP contribution in [0.2, 0.25) is 0 Å². The second-order valence-electron chi connectivity index (χ2n) is 5.76. The molecule has 0 fully saturated rings. The van der Waals surface area contributed by atoms with E-state index >= 15 is 0 Å². The number of carbonyl (C=O) groups excluding carboxylic acids is 2. The molecule has 0 atom stereocenters. The molecule has 4 heteroatoms. The summed E-state index contributed by atoms with van der Waals surface area (Å²) < 4.78 is 5.26. The zero-order chi connectivity index (χ0) is 17.5. The number of para-hydroxylation sites is 1. The van der Waals surface area contributed by atoms with Crippen molar-refractivity contribution >= 4 is 28.3 Å². The Morgan fingerprint density at radius 1 is 0.800 bits per heavy atom. The number of fused-ring (bicyclic) bond motifs is 1. The number of hydrogen-bond acceptors (Lipinski definition) is 3. The lowest BCUT2D eigenvalue weighted by Crippen LogP contribution is -2.14. The van der Waals surface area contributed by atoms with Gasteiger partial charge in [-0.05, 0) is 34.5 Å². The molecule has 3 aromatic carbocycles. The molecule has 0 bridgehead atoms. The van der Waals surface area contributed by atoms with Gasteiger partial charge in [0.05, 0.1) is 6.42 Å². The SMILES string of the molecule is O=C(CCC(=O)OCc1ccc2ccccc2c1)Nc1ccccc1. The summed E-state index contributed by atoms with van der Waals surface area (Å²) in [6.45, 7) is 0.212. The fraction of sp³-hybridized carbons (Fsp3) is 0.143. The summed E-state index contributed by atoms with van der Waals surface area (Å²) in [5.41, 5.74) is 1.65. The van der Waals surface area contributed by atoms with Gasteiger partial charge in [-0.25, -0.2) is 0 Å². The Morgan fingerprint density at radius 3 is 2.32 bits per heavy atom. The molecule has 0 aliphatic heterocycles. The van der Waals surface area contributed by atoms with Crippen LogP contribution >= 0.6 is 0 Å². The molecular formula is C21H19NO3.